The van der Waals surface area contributed by atoms with E-state index in [9.17, 15) is 4.79 Å². The van der Waals surface area contributed by atoms with Gasteiger partial charge in [-0.15, -0.1) is 11.3 Å². The van der Waals surface area contributed by atoms with Crippen molar-refractivity contribution in [3.8, 4) is 10.6 Å². The number of benzene rings is 1. The summed E-state index contributed by atoms with van der Waals surface area (Å²) in [6.45, 7) is 2.50. The number of carbonyl (C=O) groups excluding carboxylic acids is 1. The Morgan fingerprint density at radius 3 is 3.09 bits per heavy atom. The highest BCUT2D eigenvalue weighted by atomic mass is 32.1. The lowest BCUT2D eigenvalue weighted by molar-refractivity contribution is 0.0595. The molecular weight excluding hydrogens is 312 g/mol. The first-order valence-electron chi connectivity index (χ1n) is 7.30. The number of esters is 1. The number of thiazole rings is 1. The summed E-state index contributed by atoms with van der Waals surface area (Å²) in [5.41, 5.74) is 2.48. The van der Waals surface area contributed by atoms with E-state index in [0.717, 1.165) is 35.2 Å². The topological polar surface area (TPSA) is 66.8 Å². The molecule has 0 radical (unpaired) electrons. The quantitative estimate of drug-likeness (QED) is 0.869. The van der Waals surface area contributed by atoms with Crippen LogP contribution in [0.4, 0.5) is 0 Å². The minimum atomic E-state index is -0.410. The second-order valence-corrected chi connectivity index (χ2v) is 6.07. The van der Waals surface area contributed by atoms with Gasteiger partial charge in [-0.1, -0.05) is 18.2 Å². The SMILES string of the molecule is COC(=O)c1csc(-c2cccc(CNC3=NCCN3C)c2)n1. The fourth-order valence-corrected chi connectivity index (χ4v) is 3.11. The van der Waals surface area contributed by atoms with Gasteiger partial charge in [0, 0.05) is 31.1 Å². The standard InChI is InChI=1S/C16H18N4O2S/c1-20-7-6-17-16(20)18-9-11-4-3-5-12(8-11)14-19-13(10-23-14)15(21)22-2/h3-5,8,10H,6-7,9H2,1-2H3,(H,17,18). The van der Waals surface area contributed by atoms with Crippen LogP contribution in [0.25, 0.3) is 10.6 Å². The van der Waals surface area contributed by atoms with Gasteiger partial charge in [0.25, 0.3) is 0 Å². The molecule has 0 amide bonds. The zero-order valence-electron chi connectivity index (χ0n) is 13.1. The van der Waals surface area contributed by atoms with Gasteiger partial charge in [-0.25, -0.2) is 9.78 Å². The first-order valence-corrected chi connectivity index (χ1v) is 8.18. The Bertz CT molecular complexity index is 741. The van der Waals surface area contributed by atoms with E-state index in [1.54, 1.807) is 5.38 Å². The van der Waals surface area contributed by atoms with Gasteiger partial charge in [-0.2, -0.15) is 0 Å². The molecule has 3 rings (SSSR count). The highest BCUT2D eigenvalue weighted by Crippen LogP contribution is 2.24. The maximum Gasteiger partial charge on any atom is 0.357 e. The molecule has 1 aromatic carbocycles. The van der Waals surface area contributed by atoms with Gasteiger partial charge in [0.15, 0.2) is 11.7 Å². The molecule has 120 valence electrons. The van der Waals surface area contributed by atoms with E-state index in [-0.39, 0.29) is 0 Å². The smallest absolute Gasteiger partial charge is 0.357 e. The third-order valence-corrected chi connectivity index (χ3v) is 4.47. The van der Waals surface area contributed by atoms with Crippen molar-refractivity contribution in [3.05, 3.63) is 40.9 Å². The zero-order valence-corrected chi connectivity index (χ0v) is 13.9. The van der Waals surface area contributed by atoms with Crippen molar-refractivity contribution in [3.63, 3.8) is 0 Å². The highest BCUT2D eigenvalue weighted by molar-refractivity contribution is 7.13. The summed E-state index contributed by atoms with van der Waals surface area (Å²) in [6, 6.07) is 8.11. The summed E-state index contributed by atoms with van der Waals surface area (Å²) in [5.74, 6) is 0.519. The maximum absolute atomic E-state index is 11.5. The molecule has 0 bridgehead atoms. The Hall–Kier alpha value is -2.41. The van der Waals surface area contributed by atoms with Crippen molar-refractivity contribution in [2.45, 2.75) is 6.54 Å². The molecule has 0 fully saturated rings. The summed E-state index contributed by atoms with van der Waals surface area (Å²) in [4.78, 5) is 22.4. The zero-order chi connectivity index (χ0) is 16.2. The van der Waals surface area contributed by atoms with Crippen molar-refractivity contribution < 1.29 is 9.53 Å². The van der Waals surface area contributed by atoms with E-state index in [4.69, 9.17) is 4.74 Å². The van der Waals surface area contributed by atoms with Crippen LogP contribution in [0.15, 0.2) is 34.6 Å². The van der Waals surface area contributed by atoms with Crippen molar-refractivity contribution in [1.29, 1.82) is 0 Å². The number of rotatable bonds is 4. The Balaban J connectivity index is 1.72. The molecule has 23 heavy (non-hydrogen) atoms. The molecule has 0 aliphatic carbocycles. The van der Waals surface area contributed by atoms with Gasteiger partial charge in [-0.05, 0) is 11.6 Å². The number of likely N-dealkylation sites (N-methyl/N-ethyl adjacent to an activating group) is 1. The van der Waals surface area contributed by atoms with Gasteiger partial charge in [0.05, 0.1) is 13.7 Å². The number of hydrogen-bond acceptors (Lipinski definition) is 7. The van der Waals surface area contributed by atoms with E-state index >= 15 is 0 Å². The van der Waals surface area contributed by atoms with Gasteiger partial charge in [0.2, 0.25) is 0 Å². The number of nitrogens with one attached hydrogen (secondary N) is 1. The van der Waals surface area contributed by atoms with Gasteiger partial charge in [0.1, 0.15) is 5.01 Å². The molecular formula is C16H18N4O2S. The first-order chi connectivity index (χ1) is 11.2. The van der Waals surface area contributed by atoms with Crippen LogP contribution in [0.3, 0.4) is 0 Å². The van der Waals surface area contributed by atoms with Crippen LogP contribution in [-0.4, -0.2) is 49.1 Å². The van der Waals surface area contributed by atoms with E-state index in [2.05, 4.69) is 32.3 Å². The summed E-state index contributed by atoms with van der Waals surface area (Å²) >= 11 is 1.43. The Labute approximate surface area is 138 Å². The summed E-state index contributed by atoms with van der Waals surface area (Å²) in [6.07, 6.45) is 0. The van der Waals surface area contributed by atoms with Crippen molar-refractivity contribution in [1.82, 2.24) is 15.2 Å². The van der Waals surface area contributed by atoms with Crippen LogP contribution in [0.2, 0.25) is 0 Å². The third-order valence-electron chi connectivity index (χ3n) is 3.58. The number of guanidine groups is 1. The number of hydrogen-bond donors (Lipinski definition) is 1. The van der Waals surface area contributed by atoms with E-state index in [1.165, 1.54) is 18.4 Å². The molecule has 0 unspecified atom stereocenters. The van der Waals surface area contributed by atoms with Crippen LogP contribution in [0, 0.1) is 0 Å². The van der Waals surface area contributed by atoms with Crippen LogP contribution in [0.5, 0.6) is 0 Å². The van der Waals surface area contributed by atoms with Gasteiger partial charge in [-0.3, -0.25) is 4.99 Å². The number of methoxy groups -OCH3 is 1. The average Bonchev–Trinajstić information content (AvgIpc) is 3.22. The normalized spacial score (nSPS) is 13.8. The molecule has 7 heteroatoms. The summed E-state index contributed by atoms with van der Waals surface area (Å²) in [5, 5.41) is 5.87. The largest absolute Gasteiger partial charge is 0.464 e. The molecule has 0 saturated carbocycles. The highest BCUT2D eigenvalue weighted by Gasteiger charge is 2.13. The minimum Gasteiger partial charge on any atom is -0.464 e. The fraction of sp³-hybridized carbons (Fsp3) is 0.312. The Morgan fingerprint density at radius 2 is 2.35 bits per heavy atom. The molecule has 1 aromatic heterocycles. The molecule has 0 atom stereocenters. The number of ether oxygens (including phenoxy) is 1. The number of nitrogens with zero attached hydrogens (tertiary/aromatic N) is 3. The lowest BCUT2D eigenvalue weighted by atomic mass is 10.1. The Kier molecular flexibility index (Phi) is 4.57. The number of carbonyl (C=O) groups is 1. The second-order valence-electron chi connectivity index (χ2n) is 5.21. The minimum absolute atomic E-state index is 0.345. The molecule has 1 N–H and O–H groups in total. The fourth-order valence-electron chi connectivity index (χ4n) is 2.32. The van der Waals surface area contributed by atoms with Crippen molar-refractivity contribution in [2.75, 3.05) is 27.2 Å². The van der Waals surface area contributed by atoms with Gasteiger partial charge < -0.3 is 15.0 Å². The van der Waals surface area contributed by atoms with E-state index in [0.29, 0.717) is 12.2 Å². The molecule has 2 heterocycles. The van der Waals surface area contributed by atoms with Gasteiger partial charge >= 0.3 is 5.97 Å². The molecule has 6 nitrogen and oxygen atoms in total. The van der Waals surface area contributed by atoms with Crippen molar-refractivity contribution in [2.24, 2.45) is 4.99 Å². The third kappa shape index (κ3) is 3.50. The van der Waals surface area contributed by atoms with Crippen LogP contribution >= 0.6 is 11.3 Å². The summed E-state index contributed by atoms with van der Waals surface area (Å²) < 4.78 is 4.69. The van der Waals surface area contributed by atoms with Crippen LogP contribution < -0.4 is 5.32 Å². The lowest BCUT2D eigenvalue weighted by Gasteiger charge is -2.15. The number of aliphatic imine (C=N–C) groups is 1. The molecule has 2 aromatic rings. The van der Waals surface area contributed by atoms with Crippen LogP contribution in [-0.2, 0) is 11.3 Å². The summed E-state index contributed by atoms with van der Waals surface area (Å²) in [7, 11) is 3.38. The van der Waals surface area contributed by atoms with E-state index in [1.807, 2.05) is 19.2 Å². The first kappa shape index (κ1) is 15.5. The lowest BCUT2D eigenvalue weighted by Crippen LogP contribution is -2.35. The Morgan fingerprint density at radius 1 is 1.48 bits per heavy atom. The second kappa shape index (κ2) is 6.78. The van der Waals surface area contributed by atoms with Crippen molar-refractivity contribution >= 4 is 23.3 Å². The molecule has 0 saturated heterocycles. The number of aromatic nitrogens is 1. The maximum atomic E-state index is 11.5. The molecule has 0 spiro atoms. The monoisotopic (exact) mass is 330 g/mol. The predicted molar refractivity (Wildman–Crippen MR) is 90.7 cm³/mol. The molecule has 1 aliphatic heterocycles. The van der Waals surface area contributed by atoms with E-state index < -0.39 is 5.97 Å². The molecule has 1 aliphatic rings. The van der Waals surface area contributed by atoms with Crippen LogP contribution in [0.1, 0.15) is 16.1 Å². The average molecular weight is 330 g/mol. The predicted octanol–water partition coefficient (Wildman–Crippen LogP) is 1.99.